The normalized spacial score (nSPS) is 22.6. The third-order valence-electron chi connectivity index (χ3n) is 3.91. The van der Waals surface area contributed by atoms with E-state index in [1.807, 2.05) is 13.8 Å². The largest absolute Gasteiger partial charge is 0.398 e. The molecule has 1 aliphatic rings. The zero-order chi connectivity index (χ0) is 14.9. The van der Waals surface area contributed by atoms with Crippen LogP contribution in [0.4, 0.5) is 11.4 Å². The topological polar surface area (TPSA) is 89.5 Å². The first-order valence-corrected chi connectivity index (χ1v) is 6.78. The first kappa shape index (κ1) is 14.3. The van der Waals surface area contributed by atoms with Crippen LogP contribution in [0.25, 0.3) is 0 Å². The van der Waals surface area contributed by atoms with Crippen LogP contribution in [0.1, 0.15) is 43.5 Å². The molecule has 2 atom stereocenters. The molecule has 1 aromatic rings. The fraction of sp³-hybridized carbons (Fsp3) is 0.500. The lowest BCUT2D eigenvalue weighted by Crippen LogP contribution is -2.47. The van der Waals surface area contributed by atoms with Crippen LogP contribution in [0.3, 0.4) is 0 Å². The lowest BCUT2D eigenvalue weighted by atomic mass is 9.96. The van der Waals surface area contributed by atoms with Gasteiger partial charge in [-0.3, -0.25) is 14.9 Å². The van der Waals surface area contributed by atoms with Gasteiger partial charge in [0.25, 0.3) is 11.6 Å². The van der Waals surface area contributed by atoms with Gasteiger partial charge in [-0.1, -0.05) is 0 Å². The summed E-state index contributed by atoms with van der Waals surface area (Å²) >= 11 is 0. The van der Waals surface area contributed by atoms with Crippen LogP contribution in [-0.2, 0) is 0 Å². The van der Waals surface area contributed by atoms with Gasteiger partial charge in [-0.05, 0) is 39.2 Å². The van der Waals surface area contributed by atoms with E-state index >= 15 is 0 Å². The van der Waals surface area contributed by atoms with Crippen LogP contribution >= 0.6 is 0 Å². The van der Waals surface area contributed by atoms with Crippen LogP contribution in [0.2, 0.25) is 0 Å². The average Bonchev–Trinajstić information content (AvgIpc) is 2.38. The molecule has 0 bridgehead atoms. The predicted molar refractivity (Wildman–Crippen MR) is 76.5 cm³/mol. The van der Waals surface area contributed by atoms with Crippen molar-refractivity contribution in [1.82, 2.24) is 4.90 Å². The number of amides is 1. The van der Waals surface area contributed by atoms with E-state index in [1.165, 1.54) is 18.2 Å². The third kappa shape index (κ3) is 2.59. The van der Waals surface area contributed by atoms with Gasteiger partial charge in [0, 0.05) is 29.9 Å². The summed E-state index contributed by atoms with van der Waals surface area (Å²) in [5.74, 6) is -0.217. The van der Waals surface area contributed by atoms with Gasteiger partial charge in [-0.2, -0.15) is 0 Å². The van der Waals surface area contributed by atoms with Crippen molar-refractivity contribution in [3.63, 3.8) is 0 Å². The monoisotopic (exact) mass is 277 g/mol. The number of carbonyl (C=O) groups is 1. The van der Waals surface area contributed by atoms with Crippen LogP contribution in [-0.4, -0.2) is 27.8 Å². The molecule has 1 amide bonds. The second-order valence-electron chi connectivity index (χ2n) is 5.37. The van der Waals surface area contributed by atoms with E-state index in [1.54, 1.807) is 4.90 Å². The SMILES string of the molecule is CC1CCCC(C)N1C(=O)c1cc([N+](=O)[O-])ccc1N. The van der Waals surface area contributed by atoms with Crippen molar-refractivity contribution >= 4 is 17.3 Å². The van der Waals surface area contributed by atoms with E-state index in [-0.39, 0.29) is 34.9 Å². The van der Waals surface area contributed by atoms with Gasteiger partial charge >= 0.3 is 0 Å². The highest BCUT2D eigenvalue weighted by Crippen LogP contribution is 2.28. The molecule has 1 saturated heterocycles. The van der Waals surface area contributed by atoms with Gasteiger partial charge in [-0.25, -0.2) is 0 Å². The van der Waals surface area contributed by atoms with Crippen molar-refractivity contribution in [2.45, 2.75) is 45.2 Å². The number of rotatable bonds is 2. The Morgan fingerprint density at radius 1 is 1.35 bits per heavy atom. The van der Waals surface area contributed by atoms with E-state index in [9.17, 15) is 14.9 Å². The molecule has 1 fully saturated rings. The number of nitrogen functional groups attached to an aromatic ring is 1. The Hall–Kier alpha value is -2.11. The fourth-order valence-electron chi connectivity index (χ4n) is 2.80. The van der Waals surface area contributed by atoms with Crippen LogP contribution in [0, 0.1) is 10.1 Å². The number of hydrogen-bond acceptors (Lipinski definition) is 4. The zero-order valence-electron chi connectivity index (χ0n) is 11.7. The maximum Gasteiger partial charge on any atom is 0.270 e. The first-order valence-electron chi connectivity index (χ1n) is 6.78. The molecule has 0 saturated carbocycles. The molecule has 1 aliphatic heterocycles. The van der Waals surface area contributed by atoms with Gasteiger partial charge in [0.05, 0.1) is 10.5 Å². The van der Waals surface area contributed by atoms with Gasteiger partial charge in [0.2, 0.25) is 0 Å². The quantitative estimate of drug-likeness (QED) is 0.511. The molecular formula is C14H19N3O3. The number of anilines is 1. The Balaban J connectivity index is 2.37. The molecule has 0 spiro atoms. The summed E-state index contributed by atoms with van der Waals surface area (Å²) in [5, 5.41) is 10.8. The Morgan fingerprint density at radius 3 is 2.50 bits per heavy atom. The Morgan fingerprint density at radius 2 is 1.95 bits per heavy atom. The molecule has 1 aromatic carbocycles. The van der Waals surface area contributed by atoms with Crippen LogP contribution in [0.15, 0.2) is 18.2 Å². The summed E-state index contributed by atoms with van der Waals surface area (Å²) in [6.07, 6.45) is 2.99. The smallest absolute Gasteiger partial charge is 0.270 e. The number of benzene rings is 1. The molecular weight excluding hydrogens is 258 g/mol. The number of nitro groups is 1. The number of non-ortho nitro benzene ring substituents is 1. The molecule has 0 radical (unpaired) electrons. The Bertz CT molecular complexity index is 534. The molecule has 0 aromatic heterocycles. The summed E-state index contributed by atoms with van der Waals surface area (Å²) < 4.78 is 0. The van der Waals surface area contributed by atoms with Crippen molar-refractivity contribution in [3.05, 3.63) is 33.9 Å². The minimum Gasteiger partial charge on any atom is -0.398 e. The molecule has 0 aliphatic carbocycles. The highest BCUT2D eigenvalue weighted by Gasteiger charge is 2.31. The minimum atomic E-state index is -0.515. The summed E-state index contributed by atoms with van der Waals surface area (Å²) in [6.45, 7) is 4.00. The number of carbonyl (C=O) groups excluding carboxylic acids is 1. The predicted octanol–water partition coefficient (Wildman–Crippen LogP) is 2.58. The van der Waals surface area contributed by atoms with Gasteiger partial charge in [0.1, 0.15) is 0 Å². The van der Waals surface area contributed by atoms with Gasteiger partial charge in [-0.15, -0.1) is 0 Å². The second-order valence-corrected chi connectivity index (χ2v) is 5.37. The number of nitro benzene ring substituents is 1. The molecule has 2 rings (SSSR count). The highest BCUT2D eigenvalue weighted by atomic mass is 16.6. The Kier molecular flexibility index (Phi) is 3.92. The van der Waals surface area contributed by atoms with Crippen molar-refractivity contribution < 1.29 is 9.72 Å². The first-order chi connectivity index (χ1) is 9.41. The second kappa shape index (κ2) is 5.48. The van der Waals surface area contributed by atoms with E-state index in [0.29, 0.717) is 0 Å². The number of piperidine rings is 1. The van der Waals surface area contributed by atoms with Crippen LogP contribution < -0.4 is 5.73 Å². The molecule has 6 nitrogen and oxygen atoms in total. The maximum atomic E-state index is 12.6. The zero-order valence-corrected chi connectivity index (χ0v) is 11.7. The highest BCUT2D eigenvalue weighted by molar-refractivity contribution is 6.00. The van der Waals surface area contributed by atoms with E-state index in [0.717, 1.165) is 19.3 Å². The summed E-state index contributed by atoms with van der Waals surface area (Å²) in [7, 11) is 0. The lowest BCUT2D eigenvalue weighted by molar-refractivity contribution is -0.384. The molecule has 2 N–H and O–H groups in total. The van der Waals surface area contributed by atoms with Crippen LogP contribution in [0.5, 0.6) is 0 Å². The van der Waals surface area contributed by atoms with E-state index in [4.69, 9.17) is 5.73 Å². The average molecular weight is 277 g/mol. The molecule has 1 heterocycles. The number of nitrogens with two attached hydrogens (primary N) is 1. The van der Waals surface area contributed by atoms with Gasteiger partial charge < -0.3 is 10.6 Å². The minimum absolute atomic E-state index is 0.111. The van der Waals surface area contributed by atoms with Crippen molar-refractivity contribution in [2.24, 2.45) is 0 Å². The van der Waals surface area contributed by atoms with Crippen molar-refractivity contribution in [2.75, 3.05) is 5.73 Å². The molecule has 20 heavy (non-hydrogen) atoms. The fourth-order valence-corrected chi connectivity index (χ4v) is 2.80. The molecule has 2 unspecified atom stereocenters. The summed E-state index contributed by atoms with van der Waals surface area (Å²) in [6, 6.07) is 4.26. The lowest BCUT2D eigenvalue weighted by Gasteiger charge is -2.39. The van der Waals surface area contributed by atoms with E-state index < -0.39 is 4.92 Å². The summed E-state index contributed by atoms with van der Waals surface area (Å²) in [4.78, 5) is 24.7. The maximum absolute atomic E-state index is 12.6. The van der Waals surface area contributed by atoms with Gasteiger partial charge in [0.15, 0.2) is 0 Å². The number of nitrogens with zero attached hydrogens (tertiary/aromatic N) is 2. The number of likely N-dealkylation sites (tertiary alicyclic amines) is 1. The summed E-state index contributed by atoms with van der Waals surface area (Å²) in [5.41, 5.74) is 6.21. The van der Waals surface area contributed by atoms with Crippen molar-refractivity contribution in [1.29, 1.82) is 0 Å². The molecule has 108 valence electrons. The Labute approximate surface area is 117 Å². The standard InChI is InChI=1S/C14H19N3O3/c1-9-4-3-5-10(2)16(9)14(18)12-8-11(17(19)20)6-7-13(12)15/h6-10H,3-5,15H2,1-2H3. The van der Waals surface area contributed by atoms with E-state index in [2.05, 4.69) is 0 Å². The molecule has 6 heteroatoms. The van der Waals surface area contributed by atoms with Crippen molar-refractivity contribution in [3.8, 4) is 0 Å². The third-order valence-corrected chi connectivity index (χ3v) is 3.91. The number of hydrogen-bond donors (Lipinski definition) is 1.